The van der Waals surface area contributed by atoms with Crippen LogP contribution in [-0.2, 0) is 20.1 Å². The average Bonchev–Trinajstić information content (AvgIpc) is 3.06. The van der Waals surface area contributed by atoms with Gasteiger partial charge in [0.1, 0.15) is 0 Å². The summed E-state index contributed by atoms with van der Waals surface area (Å²) in [5, 5.41) is 12.4. The van der Waals surface area contributed by atoms with E-state index >= 15 is 0 Å². The SMILES string of the molecule is Cn1nc(-c2nc(C3CC3)no2)c2c1CN(C(=O)c1ccsc1)C2. The third-order valence-electron chi connectivity index (χ3n) is 4.61. The van der Waals surface area contributed by atoms with E-state index in [2.05, 4.69) is 15.2 Å². The summed E-state index contributed by atoms with van der Waals surface area (Å²) in [6.45, 7) is 1.07. The standard InChI is InChI=1S/C16H15N5O2S/c1-20-12-7-21(16(22)10-4-5-24-8-10)6-11(12)13(18-20)15-17-14(19-23-15)9-2-3-9/h4-5,8-9H,2-3,6-7H2,1H3. The number of amides is 1. The lowest BCUT2D eigenvalue weighted by molar-refractivity contribution is 0.0749. The van der Waals surface area contributed by atoms with Crippen molar-refractivity contribution in [3.05, 3.63) is 39.5 Å². The minimum Gasteiger partial charge on any atom is -0.332 e. The van der Waals surface area contributed by atoms with Gasteiger partial charge in [0.2, 0.25) is 0 Å². The topological polar surface area (TPSA) is 77.1 Å². The van der Waals surface area contributed by atoms with Gasteiger partial charge in [0, 0.05) is 23.9 Å². The lowest BCUT2D eigenvalue weighted by Crippen LogP contribution is -2.25. The van der Waals surface area contributed by atoms with Crippen molar-refractivity contribution in [2.75, 3.05) is 0 Å². The van der Waals surface area contributed by atoms with Crippen LogP contribution >= 0.6 is 11.3 Å². The van der Waals surface area contributed by atoms with Gasteiger partial charge >= 0.3 is 0 Å². The number of aryl methyl sites for hydroxylation is 1. The monoisotopic (exact) mass is 341 g/mol. The highest BCUT2D eigenvalue weighted by Crippen LogP contribution is 2.39. The number of fused-ring (bicyclic) bond motifs is 1. The fraction of sp³-hybridized carbons (Fsp3) is 0.375. The van der Waals surface area contributed by atoms with Crippen molar-refractivity contribution < 1.29 is 9.32 Å². The summed E-state index contributed by atoms with van der Waals surface area (Å²) in [5.41, 5.74) is 3.47. The number of aromatic nitrogens is 4. The molecule has 0 spiro atoms. The third-order valence-corrected chi connectivity index (χ3v) is 5.29. The van der Waals surface area contributed by atoms with Gasteiger partial charge in [0.15, 0.2) is 11.5 Å². The van der Waals surface area contributed by atoms with Crippen LogP contribution in [-0.4, -0.2) is 30.7 Å². The first-order valence-electron chi connectivity index (χ1n) is 7.91. The van der Waals surface area contributed by atoms with Crippen LogP contribution in [0, 0.1) is 0 Å². The minimum absolute atomic E-state index is 0.0441. The summed E-state index contributed by atoms with van der Waals surface area (Å²) in [6, 6.07) is 1.86. The number of hydrogen-bond acceptors (Lipinski definition) is 6. The highest BCUT2D eigenvalue weighted by atomic mass is 32.1. The number of rotatable bonds is 3. The molecule has 7 nitrogen and oxygen atoms in total. The summed E-state index contributed by atoms with van der Waals surface area (Å²) < 4.78 is 7.23. The highest BCUT2D eigenvalue weighted by molar-refractivity contribution is 7.08. The zero-order chi connectivity index (χ0) is 16.3. The fourth-order valence-electron chi connectivity index (χ4n) is 3.12. The Hall–Kier alpha value is -2.48. The molecule has 1 aliphatic heterocycles. The van der Waals surface area contributed by atoms with E-state index < -0.39 is 0 Å². The van der Waals surface area contributed by atoms with Crippen molar-refractivity contribution in [1.82, 2.24) is 24.8 Å². The molecule has 2 aliphatic rings. The van der Waals surface area contributed by atoms with E-state index in [1.165, 1.54) is 11.3 Å². The van der Waals surface area contributed by atoms with Gasteiger partial charge in [-0.15, -0.1) is 0 Å². The summed E-state index contributed by atoms with van der Waals surface area (Å²) in [6.07, 6.45) is 2.25. The van der Waals surface area contributed by atoms with Crippen LogP contribution in [0.15, 0.2) is 21.3 Å². The molecule has 1 aliphatic carbocycles. The lowest BCUT2D eigenvalue weighted by atomic mass is 10.2. The van der Waals surface area contributed by atoms with Crippen LogP contribution in [0.1, 0.15) is 46.2 Å². The molecule has 0 saturated heterocycles. The minimum atomic E-state index is 0.0441. The molecule has 1 fully saturated rings. The van der Waals surface area contributed by atoms with Crippen LogP contribution in [0.2, 0.25) is 0 Å². The molecule has 0 unspecified atom stereocenters. The van der Waals surface area contributed by atoms with E-state index in [0.717, 1.165) is 35.5 Å². The summed E-state index contributed by atoms with van der Waals surface area (Å²) in [7, 11) is 1.89. The van der Waals surface area contributed by atoms with Gasteiger partial charge in [-0.1, -0.05) is 5.16 Å². The Kier molecular flexibility index (Phi) is 2.90. The van der Waals surface area contributed by atoms with E-state index in [9.17, 15) is 4.79 Å². The molecule has 4 heterocycles. The maximum absolute atomic E-state index is 12.6. The second-order valence-electron chi connectivity index (χ2n) is 6.30. The highest BCUT2D eigenvalue weighted by Gasteiger charge is 2.34. The van der Waals surface area contributed by atoms with Crippen LogP contribution in [0.3, 0.4) is 0 Å². The van der Waals surface area contributed by atoms with Gasteiger partial charge in [-0.05, 0) is 24.3 Å². The lowest BCUT2D eigenvalue weighted by Gasteiger charge is -2.15. The van der Waals surface area contributed by atoms with Crippen molar-refractivity contribution in [2.45, 2.75) is 31.8 Å². The van der Waals surface area contributed by atoms with E-state index in [1.54, 1.807) is 0 Å². The molecule has 122 valence electrons. The number of carbonyl (C=O) groups is 1. The molecule has 5 rings (SSSR count). The Balaban J connectivity index is 1.47. The molecule has 3 aromatic rings. The molecule has 0 radical (unpaired) electrons. The maximum atomic E-state index is 12.6. The molecule has 24 heavy (non-hydrogen) atoms. The molecule has 0 aromatic carbocycles. The summed E-state index contributed by atoms with van der Waals surface area (Å²) >= 11 is 1.53. The first kappa shape index (κ1) is 13.9. The zero-order valence-corrected chi connectivity index (χ0v) is 13.9. The number of hydrogen-bond donors (Lipinski definition) is 0. The average molecular weight is 341 g/mol. The Morgan fingerprint density at radius 3 is 3.00 bits per heavy atom. The van der Waals surface area contributed by atoms with E-state index in [1.807, 2.05) is 33.5 Å². The normalized spacial score (nSPS) is 16.6. The van der Waals surface area contributed by atoms with Crippen LogP contribution in [0.4, 0.5) is 0 Å². The summed E-state index contributed by atoms with van der Waals surface area (Å²) in [5.74, 6) is 1.71. The van der Waals surface area contributed by atoms with Gasteiger partial charge in [0.25, 0.3) is 11.8 Å². The first-order chi connectivity index (χ1) is 11.7. The molecule has 1 amide bonds. The predicted octanol–water partition coefficient (Wildman–Crippen LogP) is 2.57. The van der Waals surface area contributed by atoms with Crippen molar-refractivity contribution >= 4 is 17.2 Å². The number of thiophene rings is 1. The van der Waals surface area contributed by atoms with Gasteiger partial charge in [-0.3, -0.25) is 9.48 Å². The van der Waals surface area contributed by atoms with Gasteiger partial charge < -0.3 is 9.42 Å². The van der Waals surface area contributed by atoms with E-state index in [-0.39, 0.29) is 5.91 Å². The molecule has 1 saturated carbocycles. The Morgan fingerprint density at radius 2 is 2.25 bits per heavy atom. The largest absolute Gasteiger partial charge is 0.332 e. The van der Waals surface area contributed by atoms with E-state index in [4.69, 9.17) is 4.52 Å². The number of carbonyl (C=O) groups excluding carboxylic acids is 1. The third kappa shape index (κ3) is 2.10. The first-order valence-corrected chi connectivity index (χ1v) is 8.85. The molecular formula is C16H15N5O2S. The van der Waals surface area contributed by atoms with E-state index in [0.29, 0.717) is 30.6 Å². The van der Waals surface area contributed by atoms with Gasteiger partial charge in [-0.2, -0.15) is 21.4 Å². The molecule has 0 atom stereocenters. The van der Waals surface area contributed by atoms with Crippen molar-refractivity contribution in [3.63, 3.8) is 0 Å². The Bertz CT molecular complexity index is 923. The van der Waals surface area contributed by atoms with Crippen molar-refractivity contribution in [1.29, 1.82) is 0 Å². The van der Waals surface area contributed by atoms with Crippen molar-refractivity contribution in [2.24, 2.45) is 7.05 Å². The molecule has 3 aromatic heterocycles. The maximum Gasteiger partial charge on any atom is 0.278 e. The molecule has 0 bridgehead atoms. The fourth-order valence-corrected chi connectivity index (χ4v) is 3.75. The zero-order valence-electron chi connectivity index (χ0n) is 13.1. The van der Waals surface area contributed by atoms with Crippen LogP contribution in [0.5, 0.6) is 0 Å². The molecule has 8 heteroatoms. The Morgan fingerprint density at radius 1 is 1.38 bits per heavy atom. The quantitative estimate of drug-likeness (QED) is 0.732. The van der Waals surface area contributed by atoms with Crippen LogP contribution in [0.25, 0.3) is 11.6 Å². The summed E-state index contributed by atoms with van der Waals surface area (Å²) in [4.78, 5) is 18.9. The second-order valence-corrected chi connectivity index (χ2v) is 7.08. The smallest absolute Gasteiger partial charge is 0.278 e. The van der Waals surface area contributed by atoms with Gasteiger partial charge in [-0.25, -0.2) is 0 Å². The van der Waals surface area contributed by atoms with Crippen LogP contribution < -0.4 is 0 Å². The second kappa shape index (κ2) is 5.01. The Labute approximate surface area is 141 Å². The molecule has 0 N–H and O–H groups in total. The molecular weight excluding hydrogens is 326 g/mol. The van der Waals surface area contributed by atoms with Gasteiger partial charge in [0.05, 0.1) is 24.3 Å². The predicted molar refractivity (Wildman–Crippen MR) is 86.4 cm³/mol. The number of nitrogens with zero attached hydrogens (tertiary/aromatic N) is 5. The van der Waals surface area contributed by atoms with Crippen molar-refractivity contribution in [3.8, 4) is 11.6 Å².